The highest BCUT2D eigenvalue weighted by atomic mass is 32.2. The number of rotatable bonds is 8. The van der Waals surface area contributed by atoms with Gasteiger partial charge in [0, 0.05) is 26.8 Å². The van der Waals surface area contributed by atoms with Crippen LogP contribution in [0.3, 0.4) is 0 Å². The highest BCUT2D eigenvalue weighted by Crippen LogP contribution is 2.08. The molecule has 1 aromatic rings. The monoisotopic (exact) mass is 254 g/mol. The maximum atomic E-state index is 4.41. The predicted molar refractivity (Wildman–Crippen MR) is 77.1 cm³/mol. The van der Waals surface area contributed by atoms with Gasteiger partial charge in [-0.25, -0.2) is 4.98 Å². The number of nitrogens with one attached hydrogen (secondary N) is 1. The van der Waals surface area contributed by atoms with Crippen molar-refractivity contribution in [3.63, 3.8) is 0 Å². The van der Waals surface area contributed by atoms with Crippen LogP contribution in [0.2, 0.25) is 0 Å². The zero-order chi connectivity index (χ0) is 12.5. The highest BCUT2D eigenvalue weighted by molar-refractivity contribution is 7.98. The molecule has 0 fully saturated rings. The molecule has 0 aliphatic rings. The van der Waals surface area contributed by atoms with Gasteiger partial charge in [-0.15, -0.1) is 0 Å². The Morgan fingerprint density at radius 3 is 2.82 bits per heavy atom. The minimum atomic E-state index is 0.748. The normalized spacial score (nSPS) is 10.3. The van der Waals surface area contributed by atoms with E-state index in [-0.39, 0.29) is 0 Å². The third-order valence-electron chi connectivity index (χ3n) is 2.37. The van der Waals surface area contributed by atoms with E-state index in [0.29, 0.717) is 0 Å². The van der Waals surface area contributed by atoms with E-state index < -0.39 is 0 Å². The average molecular weight is 254 g/mol. The van der Waals surface area contributed by atoms with Crippen LogP contribution >= 0.6 is 11.8 Å². The van der Waals surface area contributed by atoms with E-state index in [1.54, 1.807) is 6.20 Å². The van der Waals surface area contributed by atoms with E-state index in [1.165, 1.54) is 25.0 Å². The summed E-state index contributed by atoms with van der Waals surface area (Å²) in [4.78, 5) is 10.5. The Balaban J connectivity index is 2.24. The zero-order valence-corrected chi connectivity index (χ0v) is 11.8. The molecule has 0 saturated carbocycles. The van der Waals surface area contributed by atoms with Gasteiger partial charge in [0.1, 0.15) is 5.82 Å². The standard InChI is InChI=1S/C12H22N4S/c1-16(2)12-14-9-7-11(15-12)13-8-5-4-6-10-17-3/h7,9H,4-6,8,10H2,1-3H3,(H,13,14,15). The van der Waals surface area contributed by atoms with Gasteiger partial charge in [-0.3, -0.25) is 0 Å². The van der Waals surface area contributed by atoms with Crippen molar-refractivity contribution in [2.24, 2.45) is 0 Å². The van der Waals surface area contributed by atoms with Gasteiger partial charge in [0.2, 0.25) is 5.95 Å². The minimum absolute atomic E-state index is 0.748. The molecule has 0 aliphatic carbocycles. The van der Waals surface area contributed by atoms with Gasteiger partial charge in [0.25, 0.3) is 0 Å². The van der Waals surface area contributed by atoms with E-state index in [9.17, 15) is 0 Å². The molecule has 1 heterocycles. The molecule has 0 bridgehead atoms. The number of thioether (sulfide) groups is 1. The summed E-state index contributed by atoms with van der Waals surface area (Å²) >= 11 is 1.91. The molecule has 0 radical (unpaired) electrons. The van der Waals surface area contributed by atoms with E-state index in [4.69, 9.17) is 0 Å². The second-order valence-corrected chi connectivity index (χ2v) is 5.10. The Bertz CT molecular complexity index is 317. The Labute approximate surface area is 108 Å². The molecule has 1 aromatic heterocycles. The third-order valence-corrected chi connectivity index (χ3v) is 3.07. The summed E-state index contributed by atoms with van der Waals surface area (Å²) in [6.07, 6.45) is 7.72. The van der Waals surface area contributed by atoms with Crippen molar-refractivity contribution in [1.82, 2.24) is 9.97 Å². The van der Waals surface area contributed by atoms with E-state index in [0.717, 1.165) is 18.3 Å². The first kappa shape index (κ1) is 14.1. The fourth-order valence-corrected chi connectivity index (χ4v) is 1.92. The molecule has 0 aromatic carbocycles. The number of nitrogens with zero attached hydrogens (tertiary/aromatic N) is 3. The molecule has 0 amide bonds. The maximum absolute atomic E-state index is 4.41. The van der Waals surface area contributed by atoms with Crippen LogP contribution in [0.5, 0.6) is 0 Å². The lowest BCUT2D eigenvalue weighted by Gasteiger charge is -2.11. The van der Waals surface area contributed by atoms with Gasteiger partial charge in [0.15, 0.2) is 0 Å². The predicted octanol–water partition coefficient (Wildman–Crippen LogP) is 2.49. The first-order valence-corrected chi connectivity index (χ1v) is 7.36. The fraction of sp³-hybridized carbons (Fsp3) is 0.667. The topological polar surface area (TPSA) is 41.1 Å². The lowest BCUT2D eigenvalue weighted by molar-refractivity contribution is 0.748. The number of aromatic nitrogens is 2. The molecule has 0 atom stereocenters. The molecule has 0 aliphatic heterocycles. The highest BCUT2D eigenvalue weighted by Gasteiger charge is 1.99. The van der Waals surface area contributed by atoms with Crippen molar-refractivity contribution in [2.45, 2.75) is 19.3 Å². The lowest BCUT2D eigenvalue weighted by Crippen LogP contribution is -2.14. The summed E-state index contributed by atoms with van der Waals surface area (Å²) in [7, 11) is 3.89. The summed E-state index contributed by atoms with van der Waals surface area (Å²) in [6.45, 7) is 0.984. The van der Waals surface area contributed by atoms with Gasteiger partial charge < -0.3 is 10.2 Å². The molecule has 4 nitrogen and oxygen atoms in total. The molecule has 17 heavy (non-hydrogen) atoms. The molecule has 0 unspecified atom stereocenters. The van der Waals surface area contributed by atoms with Crippen LogP contribution in [0.1, 0.15) is 19.3 Å². The van der Waals surface area contributed by atoms with Crippen molar-refractivity contribution in [3.05, 3.63) is 12.3 Å². The molecular formula is C12H22N4S. The first-order valence-electron chi connectivity index (χ1n) is 5.97. The summed E-state index contributed by atoms with van der Waals surface area (Å²) in [5.74, 6) is 2.92. The molecule has 5 heteroatoms. The minimum Gasteiger partial charge on any atom is -0.370 e. The van der Waals surface area contributed by atoms with Gasteiger partial charge >= 0.3 is 0 Å². The first-order chi connectivity index (χ1) is 8.24. The van der Waals surface area contributed by atoms with Gasteiger partial charge in [-0.1, -0.05) is 6.42 Å². The number of hydrogen-bond acceptors (Lipinski definition) is 5. The van der Waals surface area contributed by atoms with Crippen LogP contribution in [0.15, 0.2) is 12.3 Å². The van der Waals surface area contributed by atoms with Crippen molar-refractivity contribution < 1.29 is 0 Å². The Hall–Kier alpha value is -0.970. The van der Waals surface area contributed by atoms with Crippen LogP contribution in [-0.4, -0.2) is 42.6 Å². The zero-order valence-electron chi connectivity index (χ0n) is 10.9. The second kappa shape index (κ2) is 8.17. The van der Waals surface area contributed by atoms with Crippen molar-refractivity contribution in [1.29, 1.82) is 0 Å². The molecule has 0 spiro atoms. The summed E-state index contributed by atoms with van der Waals surface area (Å²) in [5.41, 5.74) is 0. The van der Waals surface area contributed by atoms with Crippen LogP contribution in [-0.2, 0) is 0 Å². The van der Waals surface area contributed by atoms with Gasteiger partial charge in [-0.2, -0.15) is 16.7 Å². The molecular weight excluding hydrogens is 232 g/mol. The summed E-state index contributed by atoms with van der Waals surface area (Å²) in [5, 5.41) is 3.33. The quantitative estimate of drug-likeness (QED) is 0.722. The van der Waals surface area contributed by atoms with Gasteiger partial charge in [-0.05, 0) is 30.9 Å². The Morgan fingerprint density at radius 2 is 2.12 bits per heavy atom. The van der Waals surface area contributed by atoms with Crippen molar-refractivity contribution >= 4 is 23.5 Å². The molecule has 1 rings (SSSR count). The fourth-order valence-electron chi connectivity index (χ4n) is 1.43. The lowest BCUT2D eigenvalue weighted by atomic mass is 10.2. The van der Waals surface area contributed by atoms with E-state index in [2.05, 4.69) is 21.5 Å². The van der Waals surface area contributed by atoms with Crippen LogP contribution < -0.4 is 10.2 Å². The SMILES string of the molecule is CSCCCCCNc1ccnc(N(C)C)n1. The number of unbranched alkanes of at least 4 members (excludes halogenated alkanes) is 2. The van der Waals surface area contributed by atoms with E-state index in [1.807, 2.05) is 36.8 Å². The van der Waals surface area contributed by atoms with E-state index >= 15 is 0 Å². The largest absolute Gasteiger partial charge is 0.370 e. The Morgan fingerprint density at radius 1 is 1.29 bits per heavy atom. The van der Waals surface area contributed by atoms with Crippen molar-refractivity contribution in [2.75, 3.05) is 42.9 Å². The van der Waals surface area contributed by atoms with Crippen LogP contribution in [0.4, 0.5) is 11.8 Å². The van der Waals surface area contributed by atoms with Crippen molar-refractivity contribution in [3.8, 4) is 0 Å². The second-order valence-electron chi connectivity index (χ2n) is 4.12. The molecule has 0 saturated heterocycles. The summed E-state index contributed by atoms with van der Waals surface area (Å²) < 4.78 is 0. The average Bonchev–Trinajstić information content (AvgIpc) is 2.34. The summed E-state index contributed by atoms with van der Waals surface area (Å²) in [6, 6.07) is 1.91. The van der Waals surface area contributed by atoms with Gasteiger partial charge in [0.05, 0.1) is 0 Å². The molecule has 1 N–H and O–H groups in total. The number of anilines is 2. The Kier molecular flexibility index (Phi) is 6.77. The maximum Gasteiger partial charge on any atom is 0.226 e. The third kappa shape index (κ3) is 5.77. The van der Waals surface area contributed by atoms with Crippen LogP contribution in [0.25, 0.3) is 0 Å². The smallest absolute Gasteiger partial charge is 0.226 e. The van der Waals surface area contributed by atoms with Crippen LogP contribution in [0, 0.1) is 0 Å². The number of hydrogen-bond donors (Lipinski definition) is 1. The molecule has 96 valence electrons.